The van der Waals surface area contributed by atoms with Crippen molar-refractivity contribution in [2.24, 2.45) is 0 Å². The molecular weight excluding hydrogens is 180 g/mol. The van der Waals surface area contributed by atoms with E-state index in [9.17, 15) is 0 Å². The van der Waals surface area contributed by atoms with Crippen LogP contribution in [0.5, 0.6) is 0 Å². The van der Waals surface area contributed by atoms with Gasteiger partial charge in [0.05, 0.1) is 0 Å². The topological polar surface area (TPSA) is 77.8 Å². The maximum Gasteiger partial charge on any atom is 0.319 e. The minimum atomic E-state index is 0.0627. The van der Waals surface area contributed by atoms with Crippen LogP contribution in [0.25, 0.3) is 11.5 Å². The zero-order chi connectivity index (χ0) is 9.97. The molecule has 0 atom stereocenters. The molecule has 0 fully saturated rings. The predicted octanol–water partition coefficient (Wildman–Crippen LogP) is 1.28. The Kier molecular flexibility index (Phi) is 2.14. The van der Waals surface area contributed by atoms with Crippen molar-refractivity contribution in [3.05, 3.63) is 23.9 Å². The zero-order valence-corrected chi connectivity index (χ0v) is 7.77. The number of aromatic nitrogens is 3. The lowest BCUT2D eigenvalue weighted by Gasteiger charge is -2.00. The number of nitrogens with zero attached hydrogens (tertiary/aromatic N) is 3. The Morgan fingerprint density at radius 2 is 2.36 bits per heavy atom. The summed E-state index contributed by atoms with van der Waals surface area (Å²) >= 11 is 0. The monoisotopic (exact) mass is 190 g/mol. The molecule has 72 valence electrons. The van der Waals surface area contributed by atoms with Crippen LogP contribution in [0, 0.1) is 0 Å². The molecule has 0 radical (unpaired) electrons. The van der Waals surface area contributed by atoms with E-state index in [-0.39, 0.29) is 6.01 Å². The quantitative estimate of drug-likeness (QED) is 0.771. The first kappa shape index (κ1) is 8.68. The van der Waals surface area contributed by atoms with Crippen LogP contribution in [0.15, 0.2) is 22.9 Å². The van der Waals surface area contributed by atoms with Crippen molar-refractivity contribution in [1.29, 1.82) is 0 Å². The van der Waals surface area contributed by atoms with Crippen LogP contribution in [0.4, 0.5) is 6.01 Å². The fourth-order valence-electron chi connectivity index (χ4n) is 1.26. The van der Waals surface area contributed by atoms with E-state index in [1.165, 1.54) is 0 Å². The van der Waals surface area contributed by atoms with Gasteiger partial charge in [-0.2, -0.15) is 4.98 Å². The van der Waals surface area contributed by atoms with Gasteiger partial charge >= 0.3 is 6.01 Å². The SMILES string of the molecule is CCc1cccnc1-c1noc(N)n1. The van der Waals surface area contributed by atoms with Crippen molar-refractivity contribution in [1.82, 2.24) is 15.1 Å². The van der Waals surface area contributed by atoms with Crippen molar-refractivity contribution >= 4 is 6.01 Å². The number of hydrogen-bond acceptors (Lipinski definition) is 5. The van der Waals surface area contributed by atoms with Gasteiger partial charge in [0, 0.05) is 6.20 Å². The minimum absolute atomic E-state index is 0.0627. The van der Waals surface area contributed by atoms with E-state index in [2.05, 4.69) is 15.1 Å². The molecule has 0 aliphatic heterocycles. The van der Waals surface area contributed by atoms with E-state index in [0.29, 0.717) is 5.82 Å². The number of aryl methyl sites for hydroxylation is 1. The second-order valence-electron chi connectivity index (χ2n) is 2.82. The van der Waals surface area contributed by atoms with Crippen LogP contribution >= 0.6 is 0 Å². The van der Waals surface area contributed by atoms with Gasteiger partial charge in [-0.25, -0.2) is 0 Å². The third-order valence-corrected chi connectivity index (χ3v) is 1.93. The molecule has 2 rings (SSSR count). The summed E-state index contributed by atoms with van der Waals surface area (Å²) in [4.78, 5) is 8.12. The largest absolute Gasteiger partial charge is 0.351 e. The van der Waals surface area contributed by atoms with Crippen molar-refractivity contribution in [3.63, 3.8) is 0 Å². The van der Waals surface area contributed by atoms with Crippen LogP contribution in [0.3, 0.4) is 0 Å². The lowest BCUT2D eigenvalue weighted by molar-refractivity contribution is 0.436. The van der Waals surface area contributed by atoms with Crippen LogP contribution in [-0.2, 0) is 6.42 Å². The maximum atomic E-state index is 5.34. The van der Waals surface area contributed by atoms with Gasteiger partial charge < -0.3 is 10.3 Å². The molecule has 0 aliphatic carbocycles. The van der Waals surface area contributed by atoms with Crippen LogP contribution in [0.2, 0.25) is 0 Å². The normalized spacial score (nSPS) is 10.4. The third kappa shape index (κ3) is 1.44. The Morgan fingerprint density at radius 3 is 3.00 bits per heavy atom. The van der Waals surface area contributed by atoms with Crippen molar-refractivity contribution < 1.29 is 4.52 Å². The maximum absolute atomic E-state index is 5.34. The summed E-state index contributed by atoms with van der Waals surface area (Å²) in [7, 11) is 0. The Bertz CT molecular complexity index is 438. The van der Waals surface area contributed by atoms with E-state index in [1.54, 1.807) is 6.20 Å². The van der Waals surface area contributed by atoms with E-state index in [0.717, 1.165) is 17.7 Å². The first-order chi connectivity index (χ1) is 6.81. The van der Waals surface area contributed by atoms with Crippen LogP contribution in [0.1, 0.15) is 12.5 Å². The molecule has 0 unspecified atom stereocenters. The van der Waals surface area contributed by atoms with Gasteiger partial charge in [0.2, 0.25) is 5.82 Å². The van der Waals surface area contributed by atoms with Crippen molar-refractivity contribution in [2.75, 3.05) is 5.73 Å². The highest BCUT2D eigenvalue weighted by Gasteiger charge is 2.10. The molecule has 0 saturated carbocycles. The Hall–Kier alpha value is -1.91. The van der Waals surface area contributed by atoms with E-state index < -0.39 is 0 Å². The second-order valence-corrected chi connectivity index (χ2v) is 2.82. The number of rotatable bonds is 2. The lowest BCUT2D eigenvalue weighted by atomic mass is 10.1. The Balaban J connectivity index is 2.50. The number of nitrogens with two attached hydrogens (primary N) is 1. The van der Waals surface area contributed by atoms with Crippen molar-refractivity contribution in [2.45, 2.75) is 13.3 Å². The molecule has 2 N–H and O–H groups in total. The molecule has 0 bridgehead atoms. The molecule has 0 spiro atoms. The molecule has 0 aliphatic rings. The van der Waals surface area contributed by atoms with Gasteiger partial charge in [-0.15, -0.1) is 0 Å². The molecule has 0 saturated heterocycles. The van der Waals surface area contributed by atoms with Gasteiger partial charge in [-0.3, -0.25) is 4.98 Å². The van der Waals surface area contributed by atoms with E-state index in [4.69, 9.17) is 10.3 Å². The fourth-order valence-corrected chi connectivity index (χ4v) is 1.26. The number of anilines is 1. The molecule has 2 aromatic rings. The van der Waals surface area contributed by atoms with Crippen LogP contribution in [-0.4, -0.2) is 15.1 Å². The highest BCUT2D eigenvalue weighted by atomic mass is 16.5. The highest BCUT2D eigenvalue weighted by Crippen LogP contribution is 2.18. The van der Waals surface area contributed by atoms with Gasteiger partial charge in [0.25, 0.3) is 0 Å². The summed E-state index contributed by atoms with van der Waals surface area (Å²) in [6.45, 7) is 2.05. The summed E-state index contributed by atoms with van der Waals surface area (Å²) in [6.07, 6.45) is 2.57. The molecule has 0 aromatic carbocycles. The fraction of sp³-hybridized carbons (Fsp3) is 0.222. The second kappa shape index (κ2) is 3.45. The minimum Gasteiger partial charge on any atom is -0.351 e. The average molecular weight is 190 g/mol. The predicted molar refractivity (Wildman–Crippen MR) is 51.3 cm³/mol. The summed E-state index contributed by atoms with van der Waals surface area (Å²) in [5.74, 6) is 0.444. The first-order valence-electron chi connectivity index (χ1n) is 4.34. The third-order valence-electron chi connectivity index (χ3n) is 1.93. The average Bonchev–Trinajstić information content (AvgIpc) is 2.65. The molecular formula is C9H10N4O. The molecule has 0 amide bonds. The standard InChI is InChI=1S/C9H10N4O/c1-2-6-4-3-5-11-7(6)8-12-9(10)14-13-8/h3-5H,2H2,1H3,(H2,10,12,13). The first-order valence-corrected chi connectivity index (χ1v) is 4.34. The van der Waals surface area contributed by atoms with Gasteiger partial charge in [0.1, 0.15) is 5.69 Å². The van der Waals surface area contributed by atoms with Gasteiger partial charge in [-0.1, -0.05) is 18.1 Å². The molecule has 5 heteroatoms. The number of nitrogen functional groups attached to an aromatic ring is 1. The highest BCUT2D eigenvalue weighted by molar-refractivity contribution is 5.54. The van der Waals surface area contributed by atoms with E-state index in [1.807, 2.05) is 19.1 Å². The number of pyridine rings is 1. The molecule has 2 aromatic heterocycles. The zero-order valence-electron chi connectivity index (χ0n) is 7.77. The van der Waals surface area contributed by atoms with E-state index >= 15 is 0 Å². The lowest BCUT2D eigenvalue weighted by Crippen LogP contribution is -1.92. The summed E-state index contributed by atoms with van der Waals surface area (Å²) in [5, 5.41) is 3.72. The summed E-state index contributed by atoms with van der Waals surface area (Å²) in [6, 6.07) is 3.92. The Morgan fingerprint density at radius 1 is 1.50 bits per heavy atom. The van der Waals surface area contributed by atoms with Gasteiger partial charge in [0.15, 0.2) is 0 Å². The smallest absolute Gasteiger partial charge is 0.319 e. The number of hydrogen-bond donors (Lipinski definition) is 1. The molecule has 5 nitrogen and oxygen atoms in total. The molecule has 14 heavy (non-hydrogen) atoms. The van der Waals surface area contributed by atoms with Crippen molar-refractivity contribution in [3.8, 4) is 11.5 Å². The Labute approximate surface area is 81.0 Å². The summed E-state index contributed by atoms with van der Waals surface area (Å²) < 4.78 is 4.70. The van der Waals surface area contributed by atoms with Gasteiger partial charge in [-0.05, 0) is 18.1 Å². The van der Waals surface area contributed by atoms with Crippen LogP contribution < -0.4 is 5.73 Å². The molecule has 2 heterocycles. The summed E-state index contributed by atoms with van der Waals surface area (Å²) in [5.41, 5.74) is 7.15.